The van der Waals surface area contributed by atoms with Crippen LogP contribution in [0.15, 0.2) is 12.2 Å². The van der Waals surface area contributed by atoms with Gasteiger partial charge in [-0.3, -0.25) is 0 Å². The summed E-state index contributed by atoms with van der Waals surface area (Å²) in [5, 5.41) is 9.22. The molecule has 1 aliphatic carbocycles. The lowest BCUT2D eigenvalue weighted by molar-refractivity contribution is 0.500. The van der Waals surface area contributed by atoms with Gasteiger partial charge in [-0.05, 0) is 18.8 Å². The summed E-state index contributed by atoms with van der Waals surface area (Å²) < 4.78 is 26.9. The molecule has 0 fully saturated rings. The topological polar surface area (TPSA) is 79.0 Å². The lowest BCUT2D eigenvalue weighted by Crippen LogP contribution is -2.31. The van der Waals surface area contributed by atoms with Gasteiger partial charge < -0.3 is 0 Å². The fourth-order valence-corrected chi connectivity index (χ4v) is 3.80. The number of hydrogen-bond acceptors (Lipinski definition) is 4. The Morgan fingerprint density at radius 2 is 2.10 bits per heavy atom. The van der Waals surface area contributed by atoms with Gasteiger partial charge in [0, 0.05) is 20.0 Å². The SMILES string of the molecule is CC1C=CC(c2c(Cl)nc(C#N)n2S(=O)(=O)N(C)C)CC1. The van der Waals surface area contributed by atoms with Crippen LogP contribution in [-0.4, -0.2) is 35.8 Å². The molecular formula is C13H17ClN4O2S. The molecule has 6 nitrogen and oxygen atoms in total. The van der Waals surface area contributed by atoms with Crippen molar-refractivity contribution in [1.82, 2.24) is 13.3 Å². The van der Waals surface area contributed by atoms with E-state index in [0.29, 0.717) is 11.6 Å². The van der Waals surface area contributed by atoms with E-state index in [-0.39, 0.29) is 16.9 Å². The first-order valence-corrected chi connectivity index (χ1v) is 8.36. The van der Waals surface area contributed by atoms with Gasteiger partial charge in [0.05, 0.1) is 5.69 Å². The van der Waals surface area contributed by atoms with E-state index in [9.17, 15) is 8.42 Å². The van der Waals surface area contributed by atoms with Crippen molar-refractivity contribution >= 4 is 21.8 Å². The Hall–Kier alpha value is -1.36. The van der Waals surface area contributed by atoms with Crippen LogP contribution in [0.5, 0.6) is 0 Å². The summed E-state index contributed by atoms with van der Waals surface area (Å²) in [6, 6.07) is 1.80. The molecule has 2 rings (SSSR count). The van der Waals surface area contributed by atoms with Crippen LogP contribution in [0, 0.1) is 17.2 Å². The number of nitriles is 1. The number of halogens is 1. The highest BCUT2D eigenvalue weighted by atomic mass is 35.5. The highest BCUT2D eigenvalue weighted by Crippen LogP contribution is 2.35. The van der Waals surface area contributed by atoms with Gasteiger partial charge in [0.1, 0.15) is 6.07 Å². The second kappa shape index (κ2) is 5.79. The Bertz CT molecular complexity index is 715. The minimum atomic E-state index is -3.85. The predicted octanol–water partition coefficient (Wildman–Crippen LogP) is 2.13. The van der Waals surface area contributed by atoms with Gasteiger partial charge in [0.25, 0.3) is 0 Å². The third kappa shape index (κ3) is 2.84. The Morgan fingerprint density at radius 1 is 1.43 bits per heavy atom. The molecule has 1 aromatic rings. The van der Waals surface area contributed by atoms with Crippen molar-refractivity contribution in [2.75, 3.05) is 14.1 Å². The molecule has 2 unspecified atom stereocenters. The molecule has 114 valence electrons. The van der Waals surface area contributed by atoms with E-state index in [1.54, 1.807) is 6.07 Å². The second-order valence-corrected chi connectivity index (χ2v) is 7.67. The van der Waals surface area contributed by atoms with Gasteiger partial charge in [-0.1, -0.05) is 30.7 Å². The van der Waals surface area contributed by atoms with Crippen LogP contribution in [0.4, 0.5) is 0 Å². The van der Waals surface area contributed by atoms with Gasteiger partial charge >= 0.3 is 10.2 Å². The zero-order valence-corrected chi connectivity index (χ0v) is 13.7. The van der Waals surface area contributed by atoms with Crippen molar-refractivity contribution in [3.63, 3.8) is 0 Å². The van der Waals surface area contributed by atoms with Gasteiger partial charge in [0.15, 0.2) is 5.15 Å². The first-order chi connectivity index (χ1) is 9.78. The lowest BCUT2D eigenvalue weighted by Gasteiger charge is -2.23. The average molecular weight is 329 g/mol. The Kier molecular flexibility index (Phi) is 4.42. The van der Waals surface area contributed by atoms with E-state index in [1.165, 1.54) is 14.1 Å². The van der Waals surface area contributed by atoms with Crippen LogP contribution >= 0.6 is 11.6 Å². The van der Waals surface area contributed by atoms with Crippen molar-refractivity contribution in [3.05, 3.63) is 28.8 Å². The summed E-state index contributed by atoms with van der Waals surface area (Å²) in [6.45, 7) is 2.10. The Balaban J connectivity index is 2.65. The monoisotopic (exact) mass is 328 g/mol. The van der Waals surface area contributed by atoms with Crippen molar-refractivity contribution in [1.29, 1.82) is 5.26 Å². The normalized spacial score (nSPS) is 22.5. The molecule has 1 aliphatic rings. The molecule has 0 radical (unpaired) electrons. The molecule has 0 amide bonds. The number of hydrogen-bond donors (Lipinski definition) is 0. The molecule has 8 heteroatoms. The van der Waals surface area contributed by atoms with Crippen molar-refractivity contribution in [2.24, 2.45) is 5.92 Å². The second-order valence-electron chi connectivity index (χ2n) is 5.32. The van der Waals surface area contributed by atoms with Crippen LogP contribution in [-0.2, 0) is 10.2 Å². The Labute approximate surface area is 129 Å². The quantitative estimate of drug-likeness (QED) is 0.796. The van der Waals surface area contributed by atoms with Gasteiger partial charge in [0.2, 0.25) is 5.82 Å². The van der Waals surface area contributed by atoms with E-state index >= 15 is 0 Å². The summed E-state index contributed by atoms with van der Waals surface area (Å²) in [5.74, 6) is 0.0889. The third-order valence-electron chi connectivity index (χ3n) is 3.57. The number of imidazole rings is 1. The molecule has 0 aromatic carbocycles. The number of rotatable bonds is 3. The fraction of sp³-hybridized carbons (Fsp3) is 0.538. The maximum absolute atomic E-state index is 12.5. The smallest absolute Gasteiger partial charge is 0.206 e. The zero-order valence-electron chi connectivity index (χ0n) is 12.1. The minimum absolute atomic E-state index is 0.0705. The number of allylic oxidation sites excluding steroid dienone is 2. The third-order valence-corrected chi connectivity index (χ3v) is 5.61. The summed E-state index contributed by atoms with van der Waals surface area (Å²) in [7, 11) is -1.03. The van der Waals surface area contributed by atoms with E-state index in [4.69, 9.17) is 16.9 Å². The van der Waals surface area contributed by atoms with Crippen molar-refractivity contribution in [2.45, 2.75) is 25.7 Å². The number of aromatic nitrogens is 2. The van der Waals surface area contributed by atoms with Crippen LogP contribution in [0.3, 0.4) is 0 Å². The molecule has 0 saturated carbocycles. The van der Waals surface area contributed by atoms with Gasteiger partial charge in [-0.25, -0.2) is 4.98 Å². The summed E-state index contributed by atoms with van der Waals surface area (Å²) in [6.07, 6.45) is 5.69. The van der Waals surface area contributed by atoms with Crippen molar-refractivity contribution in [3.8, 4) is 6.07 Å². The van der Waals surface area contributed by atoms with Crippen LogP contribution in [0.25, 0.3) is 0 Å². The van der Waals surface area contributed by atoms with Gasteiger partial charge in [-0.2, -0.15) is 22.0 Å². The lowest BCUT2D eigenvalue weighted by atomic mass is 9.88. The van der Waals surface area contributed by atoms with E-state index in [2.05, 4.69) is 11.9 Å². The molecular weight excluding hydrogens is 312 g/mol. The van der Waals surface area contributed by atoms with Crippen LogP contribution < -0.4 is 0 Å². The van der Waals surface area contributed by atoms with Gasteiger partial charge in [-0.15, -0.1) is 0 Å². The Morgan fingerprint density at radius 3 is 2.57 bits per heavy atom. The van der Waals surface area contributed by atoms with E-state index in [0.717, 1.165) is 21.1 Å². The molecule has 21 heavy (non-hydrogen) atoms. The molecule has 0 bridgehead atoms. The zero-order chi connectivity index (χ0) is 15.8. The summed E-state index contributed by atoms with van der Waals surface area (Å²) in [4.78, 5) is 3.90. The van der Waals surface area contributed by atoms with E-state index in [1.807, 2.05) is 12.2 Å². The molecule has 0 saturated heterocycles. The first kappa shape index (κ1) is 16.0. The molecule has 1 aromatic heterocycles. The number of nitrogens with zero attached hydrogens (tertiary/aromatic N) is 4. The summed E-state index contributed by atoms with van der Waals surface area (Å²) >= 11 is 6.11. The van der Waals surface area contributed by atoms with Crippen LogP contribution in [0.1, 0.15) is 37.2 Å². The van der Waals surface area contributed by atoms with Crippen LogP contribution in [0.2, 0.25) is 5.15 Å². The molecule has 2 atom stereocenters. The van der Waals surface area contributed by atoms with Crippen molar-refractivity contribution < 1.29 is 8.42 Å². The predicted molar refractivity (Wildman–Crippen MR) is 80.2 cm³/mol. The molecule has 0 N–H and O–H groups in total. The molecule has 1 heterocycles. The largest absolute Gasteiger partial charge is 0.309 e. The molecule has 0 spiro atoms. The summed E-state index contributed by atoms with van der Waals surface area (Å²) in [5.41, 5.74) is 0.366. The highest BCUT2D eigenvalue weighted by molar-refractivity contribution is 7.87. The molecule has 0 aliphatic heterocycles. The fourth-order valence-electron chi connectivity index (χ4n) is 2.35. The standard InChI is InChI=1S/C13H17ClN4O2S/c1-9-4-6-10(7-5-9)12-13(14)16-11(8-15)18(12)21(19,20)17(2)3/h4,6,9-10H,5,7H2,1-3H3. The maximum atomic E-state index is 12.5. The highest BCUT2D eigenvalue weighted by Gasteiger charge is 2.31. The minimum Gasteiger partial charge on any atom is -0.206 e. The maximum Gasteiger partial charge on any atom is 0.309 e. The average Bonchev–Trinajstić information content (AvgIpc) is 2.77. The first-order valence-electron chi connectivity index (χ1n) is 6.58. The van der Waals surface area contributed by atoms with E-state index < -0.39 is 10.2 Å².